The van der Waals surface area contributed by atoms with Crippen LogP contribution in [0, 0.1) is 12.8 Å². The maximum atomic E-state index is 12.3. The van der Waals surface area contributed by atoms with Gasteiger partial charge in [-0.05, 0) is 48.2 Å². The number of benzene rings is 2. The molecule has 0 radical (unpaired) electrons. The van der Waals surface area contributed by atoms with Crippen LogP contribution in [0.15, 0.2) is 71.3 Å². The number of halogens is 1. The van der Waals surface area contributed by atoms with E-state index in [2.05, 4.69) is 33.0 Å². The average molecular weight is 452 g/mol. The summed E-state index contributed by atoms with van der Waals surface area (Å²) in [6.07, 6.45) is 2.35. The topological polar surface area (TPSA) is 62.6 Å². The number of fused-ring (bicyclic) bond motifs is 3. The summed E-state index contributed by atoms with van der Waals surface area (Å²) >= 11 is 3.51. The van der Waals surface area contributed by atoms with Gasteiger partial charge in [0.2, 0.25) is 0 Å². The number of aliphatic hydroxyl groups is 2. The number of ether oxygens (including phenoxy) is 1. The second-order valence-corrected chi connectivity index (χ2v) is 8.96. The van der Waals surface area contributed by atoms with Crippen molar-refractivity contribution in [3.05, 3.63) is 93.7 Å². The fraction of sp³-hybridized carbons (Fsp3) is 0.292. The molecule has 0 saturated heterocycles. The zero-order chi connectivity index (χ0) is 20.2. The number of hydrogen-bond acceptors (Lipinski definition) is 4. The summed E-state index contributed by atoms with van der Waals surface area (Å²) in [5, 5.41) is 22.6. The van der Waals surface area contributed by atoms with Crippen molar-refractivity contribution in [1.82, 2.24) is 4.98 Å². The number of nitrogens with zero attached hydrogens (tertiary/aromatic N) is 1. The third-order valence-corrected chi connectivity index (χ3v) is 7.01. The fourth-order valence-corrected chi connectivity index (χ4v) is 5.49. The van der Waals surface area contributed by atoms with Gasteiger partial charge in [-0.3, -0.25) is 4.98 Å². The Labute approximate surface area is 178 Å². The first kappa shape index (κ1) is 18.8. The van der Waals surface area contributed by atoms with Gasteiger partial charge in [0.15, 0.2) is 11.2 Å². The average Bonchev–Trinajstić information content (AvgIpc) is 3.13. The summed E-state index contributed by atoms with van der Waals surface area (Å²) < 4.78 is 7.65. The van der Waals surface area contributed by atoms with Crippen molar-refractivity contribution in [3.63, 3.8) is 0 Å². The summed E-state index contributed by atoms with van der Waals surface area (Å²) in [4.78, 5) is 4.59. The molecule has 2 aliphatic rings. The van der Waals surface area contributed by atoms with E-state index < -0.39 is 17.1 Å². The highest BCUT2D eigenvalue weighted by molar-refractivity contribution is 9.10. The molecule has 0 unspecified atom stereocenters. The quantitative estimate of drug-likeness (QED) is 0.618. The van der Waals surface area contributed by atoms with Crippen LogP contribution in [0.4, 0.5) is 0 Å². The molecule has 2 N–H and O–H groups in total. The van der Waals surface area contributed by atoms with Gasteiger partial charge in [0.25, 0.3) is 0 Å². The van der Waals surface area contributed by atoms with E-state index in [9.17, 15) is 10.2 Å². The smallest absolute Gasteiger partial charge is 0.175 e. The first-order chi connectivity index (χ1) is 14.0. The highest BCUT2D eigenvalue weighted by atomic mass is 79.9. The van der Waals surface area contributed by atoms with Crippen LogP contribution in [-0.2, 0) is 11.2 Å². The number of hydrogen-bond donors (Lipinski definition) is 2. The number of aryl methyl sites for hydroxylation is 1. The summed E-state index contributed by atoms with van der Waals surface area (Å²) in [5.74, 6) is 0.0591. The Bertz CT molecular complexity index is 1060. The third-order valence-electron chi connectivity index (χ3n) is 6.48. The molecule has 5 heteroatoms. The van der Waals surface area contributed by atoms with Crippen LogP contribution < -0.4 is 4.74 Å². The highest BCUT2D eigenvalue weighted by Gasteiger charge is 2.73. The van der Waals surface area contributed by atoms with Crippen molar-refractivity contribution in [1.29, 1.82) is 0 Å². The number of rotatable bonds is 3. The highest BCUT2D eigenvalue weighted by Crippen LogP contribution is 2.68. The van der Waals surface area contributed by atoms with Gasteiger partial charge in [0, 0.05) is 29.1 Å². The maximum absolute atomic E-state index is 12.3. The molecule has 0 bridgehead atoms. The second kappa shape index (κ2) is 6.66. The zero-order valence-electron chi connectivity index (χ0n) is 16.0. The van der Waals surface area contributed by atoms with Crippen molar-refractivity contribution in [2.75, 3.05) is 6.61 Å². The van der Waals surface area contributed by atoms with E-state index in [1.54, 1.807) is 6.20 Å². The standard InChI is InChI=1S/C24H22BrNO3/c1-15-11-21-22(26-13-15)23(28)18(14-27)12-20(16-5-3-2-4-6-16)24(23,29-21)17-7-9-19(25)10-8-17/h2-11,13,18,20,27-28H,12,14H2,1H3/t18-,20+,23-,24+/m1/s1. The number of aliphatic hydroxyl groups excluding tert-OH is 1. The second-order valence-electron chi connectivity index (χ2n) is 8.05. The van der Waals surface area contributed by atoms with Crippen molar-refractivity contribution < 1.29 is 14.9 Å². The van der Waals surface area contributed by atoms with Crippen LogP contribution >= 0.6 is 15.9 Å². The van der Waals surface area contributed by atoms with Gasteiger partial charge >= 0.3 is 0 Å². The van der Waals surface area contributed by atoms with E-state index in [0.29, 0.717) is 17.9 Å². The van der Waals surface area contributed by atoms with Gasteiger partial charge in [0.05, 0.1) is 0 Å². The third kappa shape index (κ3) is 2.48. The molecule has 148 valence electrons. The lowest BCUT2D eigenvalue weighted by Crippen LogP contribution is -2.51. The predicted molar refractivity (Wildman–Crippen MR) is 114 cm³/mol. The summed E-state index contributed by atoms with van der Waals surface area (Å²) in [5.41, 5.74) is 0.946. The van der Waals surface area contributed by atoms with Gasteiger partial charge in [-0.1, -0.05) is 58.4 Å². The molecule has 3 aromatic rings. The minimum absolute atomic E-state index is 0.137. The summed E-state index contributed by atoms with van der Waals surface area (Å²) in [7, 11) is 0. The van der Waals surface area contributed by atoms with E-state index in [1.807, 2.05) is 55.5 Å². The molecule has 0 amide bonds. The lowest BCUT2D eigenvalue weighted by molar-refractivity contribution is -0.136. The molecule has 2 aromatic carbocycles. The maximum Gasteiger partial charge on any atom is 0.175 e. The Hall–Kier alpha value is -2.21. The monoisotopic (exact) mass is 451 g/mol. The molecule has 5 rings (SSSR count). The predicted octanol–water partition coefficient (Wildman–Crippen LogP) is 4.42. The van der Waals surface area contributed by atoms with Crippen LogP contribution in [0.1, 0.15) is 34.7 Å². The van der Waals surface area contributed by atoms with Crippen LogP contribution in [-0.4, -0.2) is 21.8 Å². The lowest BCUT2D eigenvalue weighted by Gasteiger charge is -2.41. The molecule has 1 aliphatic heterocycles. The largest absolute Gasteiger partial charge is 0.476 e. The molecule has 1 aliphatic carbocycles. The Morgan fingerprint density at radius 2 is 1.86 bits per heavy atom. The lowest BCUT2D eigenvalue weighted by atomic mass is 9.71. The van der Waals surface area contributed by atoms with Crippen molar-refractivity contribution in [2.45, 2.75) is 30.5 Å². The molecule has 4 nitrogen and oxygen atoms in total. The number of pyridine rings is 1. The van der Waals surface area contributed by atoms with Crippen molar-refractivity contribution >= 4 is 15.9 Å². The van der Waals surface area contributed by atoms with Gasteiger partial charge in [0.1, 0.15) is 11.4 Å². The normalized spacial score (nSPS) is 29.9. The van der Waals surface area contributed by atoms with Gasteiger partial charge in [-0.25, -0.2) is 0 Å². The first-order valence-electron chi connectivity index (χ1n) is 9.81. The molecule has 29 heavy (non-hydrogen) atoms. The molecular weight excluding hydrogens is 430 g/mol. The van der Waals surface area contributed by atoms with Crippen LogP contribution in [0.25, 0.3) is 0 Å². The number of aromatic nitrogens is 1. The van der Waals surface area contributed by atoms with E-state index in [4.69, 9.17) is 4.74 Å². The molecule has 1 saturated carbocycles. The fourth-order valence-electron chi connectivity index (χ4n) is 5.23. The molecule has 1 aromatic heterocycles. The SMILES string of the molecule is Cc1cnc2c(c1)O[C@@]1(c3ccc(Br)cc3)[C@H](c3ccccc3)C[C@H](CO)[C@@]21O. The molecule has 1 fully saturated rings. The van der Waals surface area contributed by atoms with Crippen LogP contribution in [0.3, 0.4) is 0 Å². The van der Waals surface area contributed by atoms with Crippen molar-refractivity contribution in [3.8, 4) is 5.75 Å². The van der Waals surface area contributed by atoms with Gasteiger partial charge < -0.3 is 14.9 Å². The minimum atomic E-state index is -1.43. The Morgan fingerprint density at radius 1 is 1.14 bits per heavy atom. The van der Waals surface area contributed by atoms with E-state index in [-0.39, 0.29) is 12.5 Å². The van der Waals surface area contributed by atoms with E-state index in [0.717, 1.165) is 21.2 Å². The molecule has 0 spiro atoms. The first-order valence-corrected chi connectivity index (χ1v) is 10.6. The van der Waals surface area contributed by atoms with E-state index in [1.165, 1.54) is 0 Å². The summed E-state index contributed by atoms with van der Waals surface area (Å²) in [6, 6.07) is 19.9. The zero-order valence-corrected chi connectivity index (χ0v) is 17.6. The van der Waals surface area contributed by atoms with Crippen LogP contribution in [0.2, 0.25) is 0 Å². The molecular formula is C24H22BrNO3. The summed E-state index contributed by atoms with van der Waals surface area (Å²) in [6.45, 7) is 1.82. The van der Waals surface area contributed by atoms with Gasteiger partial charge in [-0.2, -0.15) is 0 Å². The Balaban J connectivity index is 1.81. The van der Waals surface area contributed by atoms with Crippen molar-refractivity contribution in [2.24, 2.45) is 5.92 Å². The molecule has 2 heterocycles. The van der Waals surface area contributed by atoms with Gasteiger partial charge in [-0.15, -0.1) is 0 Å². The Kier molecular flexibility index (Phi) is 4.32. The van der Waals surface area contributed by atoms with E-state index >= 15 is 0 Å². The Morgan fingerprint density at radius 3 is 2.55 bits per heavy atom. The molecule has 4 atom stereocenters. The van der Waals surface area contributed by atoms with Crippen LogP contribution in [0.5, 0.6) is 5.75 Å². The minimum Gasteiger partial charge on any atom is -0.476 e.